The van der Waals surface area contributed by atoms with E-state index in [1.807, 2.05) is 59.9 Å². The first-order valence-corrected chi connectivity index (χ1v) is 15.6. The lowest BCUT2D eigenvalue weighted by molar-refractivity contribution is 0.640. The zero-order valence-corrected chi connectivity index (χ0v) is 17.0. The van der Waals surface area contributed by atoms with E-state index in [1.54, 1.807) is 10.8 Å². The highest BCUT2D eigenvalue weighted by Gasteiger charge is 1.96. The molecule has 1 aliphatic heterocycles. The average Bonchev–Trinajstić information content (AvgIpc) is 2.46. The molecule has 20 heavy (non-hydrogen) atoms. The molecule has 114 valence electrons. The Morgan fingerprint density at radius 1 is 0.600 bits per heavy atom. The SMILES string of the molecule is C1=C\SSSSSSSCCCCCCC/C=C/C=C/1. The van der Waals surface area contributed by atoms with E-state index in [1.165, 1.54) is 44.3 Å². The molecule has 0 atom stereocenters. The third kappa shape index (κ3) is 14.6. The lowest BCUT2D eigenvalue weighted by atomic mass is 10.1. The highest BCUT2D eigenvalue weighted by atomic mass is 33.9. The highest BCUT2D eigenvalue weighted by Crippen LogP contribution is 2.55. The highest BCUT2D eigenvalue weighted by molar-refractivity contribution is 9.46. The summed E-state index contributed by atoms with van der Waals surface area (Å²) < 4.78 is 0. The van der Waals surface area contributed by atoms with Crippen molar-refractivity contribution in [2.75, 3.05) is 5.75 Å². The van der Waals surface area contributed by atoms with E-state index in [-0.39, 0.29) is 0 Å². The fourth-order valence-corrected chi connectivity index (χ4v) is 15.0. The van der Waals surface area contributed by atoms with Crippen LogP contribution in [0.1, 0.15) is 38.5 Å². The van der Waals surface area contributed by atoms with Crippen LogP contribution < -0.4 is 0 Å². The Labute approximate surface area is 149 Å². The molecule has 0 radical (unpaired) electrons. The summed E-state index contributed by atoms with van der Waals surface area (Å²) in [6.07, 6.45) is 18.8. The van der Waals surface area contributed by atoms with Gasteiger partial charge in [0.25, 0.3) is 0 Å². The largest absolute Gasteiger partial charge is 0.0845 e. The molecule has 0 aromatic rings. The van der Waals surface area contributed by atoms with Gasteiger partial charge in [-0.25, -0.2) is 0 Å². The van der Waals surface area contributed by atoms with Crippen LogP contribution >= 0.6 is 70.7 Å². The van der Waals surface area contributed by atoms with E-state index < -0.39 is 0 Å². The van der Waals surface area contributed by atoms with Crippen LogP contribution in [0.4, 0.5) is 0 Å². The lowest BCUT2D eigenvalue weighted by Crippen LogP contribution is -1.80. The second-order valence-corrected chi connectivity index (χ2v) is 15.2. The Morgan fingerprint density at radius 3 is 2.35 bits per heavy atom. The maximum atomic E-state index is 2.28. The summed E-state index contributed by atoms with van der Waals surface area (Å²) in [5.41, 5.74) is 0. The van der Waals surface area contributed by atoms with Crippen LogP contribution in [0.2, 0.25) is 0 Å². The van der Waals surface area contributed by atoms with E-state index in [0.29, 0.717) is 0 Å². The van der Waals surface area contributed by atoms with Crippen molar-refractivity contribution in [2.24, 2.45) is 0 Å². The smallest absolute Gasteiger partial charge is 0.00454 e. The van der Waals surface area contributed by atoms with E-state index in [4.69, 9.17) is 0 Å². The maximum Gasteiger partial charge on any atom is 0.00454 e. The molecular formula is C13H20S7. The van der Waals surface area contributed by atoms with E-state index >= 15 is 0 Å². The topological polar surface area (TPSA) is 0 Å². The summed E-state index contributed by atoms with van der Waals surface area (Å²) >= 11 is 0. The summed E-state index contributed by atoms with van der Waals surface area (Å²) in [7, 11) is 13.1. The van der Waals surface area contributed by atoms with Gasteiger partial charge in [0, 0.05) is 5.75 Å². The van der Waals surface area contributed by atoms with Crippen molar-refractivity contribution in [1.82, 2.24) is 0 Å². The van der Waals surface area contributed by atoms with Crippen LogP contribution in [0.3, 0.4) is 0 Å². The number of hydrogen-bond donors (Lipinski definition) is 0. The molecule has 0 fully saturated rings. The van der Waals surface area contributed by atoms with Gasteiger partial charge in [0.1, 0.15) is 0 Å². The molecule has 1 rings (SSSR count). The van der Waals surface area contributed by atoms with Crippen molar-refractivity contribution < 1.29 is 0 Å². The normalized spacial score (nSPS) is 26.4. The van der Waals surface area contributed by atoms with Crippen LogP contribution in [0.5, 0.6) is 0 Å². The monoisotopic (exact) mass is 400 g/mol. The van der Waals surface area contributed by atoms with Crippen molar-refractivity contribution in [3.63, 3.8) is 0 Å². The Bertz CT molecular complexity index is 260. The van der Waals surface area contributed by atoms with E-state index in [9.17, 15) is 0 Å². The Kier molecular flexibility index (Phi) is 16.8. The molecule has 1 heterocycles. The van der Waals surface area contributed by atoms with Gasteiger partial charge >= 0.3 is 0 Å². The van der Waals surface area contributed by atoms with Gasteiger partial charge in [-0.15, -0.1) is 0 Å². The van der Waals surface area contributed by atoms with Crippen molar-refractivity contribution in [3.05, 3.63) is 35.8 Å². The van der Waals surface area contributed by atoms with Crippen LogP contribution in [-0.4, -0.2) is 5.75 Å². The number of allylic oxidation sites excluding steroid dienone is 5. The first-order valence-electron chi connectivity index (χ1n) is 6.60. The molecule has 0 N–H and O–H groups in total. The standard InChI is InChI=1S/C13H20S7/c1-2-4-6-8-10-12-14-16-18-20-19-17-15-13-11-9-7-5-3-1/h2,4,6,8,10,12H,1,3,5,7,9,11,13H2/b4-2+,8-6+,12-10-. The van der Waals surface area contributed by atoms with Gasteiger partial charge in [-0.05, 0) is 73.8 Å². The Morgan fingerprint density at radius 2 is 1.35 bits per heavy atom. The Balaban J connectivity index is 2.18. The summed E-state index contributed by atoms with van der Waals surface area (Å²) in [6.45, 7) is 0. The van der Waals surface area contributed by atoms with Gasteiger partial charge in [-0.2, -0.15) is 0 Å². The van der Waals surface area contributed by atoms with Crippen LogP contribution in [0.15, 0.2) is 35.8 Å². The molecule has 0 aromatic heterocycles. The third-order valence-corrected chi connectivity index (χ3v) is 15.1. The van der Waals surface area contributed by atoms with Gasteiger partial charge in [-0.1, -0.05) is 71.2 Å². The third-order valence-electron chi connectivity index (χ3n) is 2.40. The maximum absolute atomic E-state index is 2.28. The van der Waals surface area contributed by atoms with Gasteiger partial charge in [0.05, 0.1) is 0 Å². The number of hydrogen-bond acceptors (Lipinski definition) is 7. The summed E-state index contributed by atoms with van der Waals surface area (Å²) in [6, 6.07) is 0. The molecule has 1 aliphatic rings. The van der Waals surface area contributed by atoms with Crippen LogP contribution in [-0.2, 0) is 0 Å². The average molecular weight is 401 g/mol. The van der Waals surface area contributed by atoms with Crippen molar-refractivity contribution >= 4 is 70.7 Å². The molecule has 0 aromatic carbocycles. The first kappa shape index (κ1) is 19.7. The molecule has 0 saturated carbocycles. The van der Waals surface area contributed by atoms with Gasteiger partial charge in [-0.3, -0.25) is 0 Å². The van der Waals surface area contributed by atoms with Crippen molar-refractivity contribution in [1.29, 1.82) is 0 Å². The fraction of sp³-hybridized carbons (Fsp3) is 0.538. The van der Waals surface area contributed by atoms with Crippen molar-refractivity contribution in [3.8, 4) is 0 Å². The minimum atomic E-state index is 1.22. The minimum absolute atomic E-state index is 1.22. The van der Waals surface area contributed by atoms with Gasteiger partial charge in [0.2, 0.25) is 0 Å². The number of rotatable bonds is 0. The zero-order valence-electron chi connectivity index (χ0n) is 11.3. The molecule has 0 aliphatic carbocycles. The molecule has 7 heteroatoms. The predicted molar refractivity (Wildman–Crippen MR) is 113 cm³/mol. The van der Waals surface area contributed by atoms with Crippen LogP contribution in [0, 0.1) is 0 Å². The first-order chi connectivity index (χ1) is 10.0. The minimum Gasteiger partial charge on any atom is -0.0845 e. The summed E-state index contributed by atoms with van der Waals surface area (Å²) in [4.78, 5) is 0. The predicted octanol–water partition coefficient (Wildman–Crippen LogP) is 8.59. The van der Waals surface area contributed by atoms with E-state index in [2.05, 4.69) is 35.8 Å². The Hall–Kier alpha value is 1.67. The zero-order chi connectivity index (χ0) is 14.1. The molecule has 0 bridgehead atoms. The quantitative estimate of drug-likeness (QED) is 0.368. The molecule has 0 amide bonds. The summed E-state index contributed by atoms with van der Waals surface area (Å²) in [5, 5.41) is 2.13. The molecule has 0 spiro atoms. The van der Waals surface area contributed by atoms with Crippen LogP contribution in [0.25, 0.3) is 0 Å². The van der Waals surface area contributed by atoms with E-state index in [0.717, 1.165) is 0 Å². The fourth-order valence-electron chi connectivity index (χ4n) is 1.46. The molecule has 0 saturated heterocycles. The lowest BCUT2D eigenvalue weighted by Gasteiger charge is -2.00. The second kappa shape index (κ2) is 17.0. The second-order valence-electron chi connectivity index (χ2n) is 3.96. The summed E-state index contributed by atoms with van der Waals surface area (Å²) in [5.74, 6) is 1.29. The van der Waals surface area contributed by atoms with Gasteiger partial charge < -0.3 is 0 Å². The van der Waals surface area contributed by atoms with Gasteiger partial charge in [0.15, 0.2) is 0 Å². The molecule has 0 nitrogen and oxygen atoms in total. The molecular weight excluding hydrogens is 381 g/mol. The molecule has 0 unspecified atom stereocenters. The van der Waals surface area contributed by atoms with Crippen molar-refractivity contribution in [2.45, 2.75) is 38.5 Å².